The van der Waals surface area contributed by atoms with Crippen LogP contribution in [0.5, 0.6) is 0 Å². The Balaban J connectivity index is 1.70. The quantitative estimate of drug-likeness (QED) is 0.562. The van der Waals surface area contributed by atoms with Gasteiger partial charge in [0.2, 0.25) is 0 Å². The smallest absolute Gasteiger partial charge is 0.287 e. The lowest BCUT2D eigenvalue weighted by Crippen LogP contribution is -2.34. The van der Waals surface area contributed by atoms with Gasteiger partial charge in [0, 0.05) is 0 Å². The highest BCUT2D eigenvalue weighted by molar-refractivity contribution is 7.48. The monoisotopic (exact) mass is 380 g/mol. The van der Waals surface area contributed by atoms with Gasteiger partial charge in [-0.15, -0.1) is 0 Å². The van der Waals surface area contributed by atoms with Gasteiger partial charge < -0.3 is 0 Å². The van der Waals surface area contributed by atoms with Crippen molar-refractivity contribution in [2.24, 2.45) is 17.8 Å². The highest BCUT2D eigenvalue weighted by Gasteiger charge is 2.40. The first-order valence-electron chi connectivity index (χ1n) is 10.1. The van der Waals surface area contributed by atoms with Crippen LogP contribution in [0.25, 0.3) is 0 Å². The molecule has 2 aliphatic carbocycles. The van der Waals surface area contributed by atoms with Gasteiger partial charge >= 0.3 is 7.82 Å². The predicted octanol–water partition coefficient (Wildman–Crippen LogP) is 5.79. The SMILES string of the molecule is CCOP(=O)(OC1Cc2ccccc2C1)OC1CC(C)CCC1C(C)C. The van der Waals surface area contributed by atoms with E-state index in [0.717, 1.165) is 25.7 Å². The average Bonchev–Trinajstić information content (AvgIpc) is 2.96. The molecule has 0 radical (unpaired) electrons. The van der Waals surface area contributed by atoms with Gasteiger partial charge in [-0.1, -0.05) is 51.5 Å². The average molecular weight is 380 g/mol. The van der Waals surface area contributed by atoms with Gasteiger partial charge in [0.1, 0.15) is 0 Å². The molecule has 0 spiro atoms. The van der Waals surface area contributed by atoms with Crippen LogP contribution in [0.3, 0.4) is 0 Å². The Bertz CT molecular complexity index is 620. The maximum absolute atomic E-state index is 13.4. The fourth-order valence-electron chi connectivity index (χ4n) is 4.42. The second-order valence-electron chi connectivity index (χ2n) is 8.24. The fourth-order valence-corrected chi connectivity index (χ4v) is 6.00. The van der Waals surface area contributed by atoms with Gasteiger partial charge in [0.05, 0.1) is 18.8 Å². The minimum Gasteiger partial charge on any atom is -0.287 e. The van der Waals surface area contributed by atoms with E-state index >= 15 is 0 Å². The molecule has 0 saturated heterocycles. The molecule has 146 valence electrons. The molecule has 1 aromatic rings. The van der Waals surface area contributed by atoms with Crippen LogP contribution in [0.4, 0.5) is 0 Å². The maximum atomic E-state index is 13.4. The molecular weight excluding hydrogens is 347 g/mol. The lowest BCUT2D eigenvalue weighted by molar-refractivity contribution is -0.00335. The highest BCUT2D eigenvalue weighted by atomic mass is 31.2. The summed E-state index contributed by atoms with van der Waals surface area (Å²) in [5.41, 5.74) is 2.54. The summed E-state index contributed by atoms with van der Waals surface area (Å²) in [6.45, 7) is 8.85. The molecule has 5 heteroatoms. The van der Waals surface area contributed by atoms with Gasteiger partial charge in [-0.25, -0.2) is 4.57 Å². The van der Waals surface area contributed by atoms with E-state index in [1.54, 1.807) is 0 Å². The predicted molar refractivity (Wildman–Crippen MR) is 104 cm³/mol. The molecule has 1 aromatic carbocycles. The molecule has 1 fully saturated rings. The normalized spacial score (nSPS) is 28.9. The topological polar surface area (TPSA) is 44.8 Å². The summed E-state index contributed by atoms with van der Waals surface area (Å²) in [6.07, 6.45) is 4.60. The lowest BCUT2D eigenvalue weighted by Gasteiger charge is -2.38. The number of rotatable bonds is 7. The zero-order valence-electron chi connectivity index (χ0n) is 16.5. The number of phosphoric acid groups is 1. The van der Waals surface area contributed by atoms with Crippen molar-refractivity contribution in [3.63, 3.8) is 0 Å². The van der Waals surface area contributed by atoms with Crippen molar-refractivity contribution in [3.8, 4) is 0 Å². The van der Waals surface area contributed by atoms with Crippen molar-refractivity contribution in [1.29, 1.82) is 0 Å². The van der Waals surface area contributed by atoms with E-state index in [0.29, 0.717) is 24.4 Å². The zero-order chi connectivity index (χ0) is 18.7. The Morgan fingerprint density at radius 1 is 1.12 bits per heavy atom. The largest absolute Gasteiger partial charge is 0.475 e. The second kappa shape index (κ2) is 8.56. The molecule has 0 aliphatic heterocycles. The summed E-state index contributed by atoms with van der Waals surface area (Å²) in [7, 11) is -3.57. The third-order valence-electron chi connectivity index (χ3n) is 5.80. The van der Waals surface area contributed by atoms with Crippen molar-refractivity contribution < 1.29 is 18.1 Å². The second-order valence-corrected chi connectivity index (χ2v) is 9.81. The molecule has 1 saturated carbocycles. The maximum Gasteiger partial charge on any atom is 0.475 e. The summed E-state index contributed by atoms with van der Waals surface area (Å²) in [5.74, 6) is 1.49. The third kappa shape index (κ3) is 4.78. The van der Waals surface area contributed by atoms with Crippen molar-refractivity contribution in [2.45, 2.75) is 72.0 Å². The van der Waals surface area contributed by atoms with Crippen molar-refractivity contribution in [1.82, 2.24) is 0 Å². The third-order valence-corrected chi connectivity index (χ3v) is 7.46. The van der Waals surface area contributed by atoms with Crippen LogP contribution in [0.2, 0.25) is 0 Å². The Labute approximate surface area is 158 Å². The molecule has 4 nitrogen and oxygen atoms in total. The van der Waals surface area contributed by atoms with Crippen LogP contribution in [0.1, 0.15) is 58.1 Å². The van der Waals surface area contributed by atoms with Crippen LogP contribution < -0.4 is 0 Å². The first-order valence-corrected chi connectivity index (χ1v) is 11.5. The van der Waals surface area contributed by atoms with E-state index in [9.17, 15) is 4.57 Å². The van der Waals surface area contributed by atoms with Crippen LogP contribution >= 0.6 is 7.82 Å². The molecule has 26 heavy (non-hydrogen) atoms. The lowest BCUT2D eigenvalue weighted by atomic mass is 9.75. The van der Waals surface area contributed by atoms with Crippen LogP contribution in [-0.2, 0) is 31.0 Å². The molecule has 0 heterocycles. The first-order chi connectivity index (χ1) is 12.4. The molecular formula is C21H33O4P. The van der Waals surface area contributed by atoms with E-state index in [-0.39, 0.29) is 12.2 Å². The van der Waals surface area contributed by atoms with Crippen molar-refractivity contribution >= 4 is 7.82 Å². The Kier molecular flexibility index (Phi) is 6.61. The number of hydrogen-bond donors (Lipinski definition) is 0. The Morgan fingerprint density at radius 3 is 2.35 bits per heavy atom. The first kappa shape index (κ1) is 20.1. The summed E-state index contributed by atoms with van der Waals surface area (Å²) in [4.78, 5) is 0. The van der Waals surface area contributed by atoms with Crippen LogP contribution in [-0.4, -0.2) is 18.8 Å². The molecule has 0 amide bonds. The molecule has 3 rings (SSSR count). The standard InChI is InChI=1S/C21H33O4P/c1-5-23-26(22,24-19-13-17-8-6-7-9-18(17)14-19)25-21-12-16(4)10-11-20(21)15(2)3/h6-9,15-16,19-21H,5,10-14H2,1-4H3. The van der Waals surface area contributed by atoms with Gasteiger partial charge in [0.25, 0.3) is 0 Å². The summed E-state index contributed by atoms with van der Waals surface area (Å²) >= 11 is 0. The number of hydrogen-bond acceptors (Lipinski definition) is 4. The molecule has 2 aliphatic rings. The van der Waals surface area contributed by atoms with Gasteiger partial charge in [0.15, 0.2) is 0 Å². The molecule has 0 N–H and O–H groups in total. The van der Waals surface area contributed by atoms with Gasteiger partial charge in [-0.05, 0) is 61.5 Å². The fraction of sp³-hybridized carbons (Fsp3) is 0.714. The van der Waals surface area contributed by atoms with E-state index in [1.807, 2.05) is 19.1 Å². The highest BCUT2D eigenvalue weighted by Crippen LogP contribution is 2.55. The van der Waals surface area contributed by atoms with E-state index in [1.165, 1.54) is 17.5 Å². The van der Waals surface area contributed by atoms with E-state index < -0.39 is 7.82 Å². The Hall–Kier alpha value is -0.670. The summed E-state index contributed by atoms with van der Waals surface area (Å²) < 4.78 is 31.1. The van der Waals surface area contributed by atoms with Gasteiger partial charge in [-0.3, -0.25) is 13.6 Å². The number of benzene rings is 1. The minimum atomic E-state index is -3.57. The molecule has 4 unspecified atom stereocenters. The number of phosphoric ester groups is 1. The molecule has 4 atom stereocenters. The van der Waals surface area contributed by atoms with Crippen LogP contribution in [0.15, 0.2) is 24.3 Å². The Morgan fingerprint density at radius 2 is 1.77 bits per heavy atom. The molecule has 0 bridgehead atoms. The van der Waals surface area contributed by atoms with Crippen LogP contribution in [0, 0.1) is 17.8 Å². The zero-order valence-corrected chi connectivity index (χ0v) is 17.4. The van der Waals surface area contributed by atoms with Gasteiger partial charge in [-0.2, -0.15) is 0 Å². The van der Waals surface area contributed by atoms with E-state index in [4.69, 9.17) is 13.6 Å². The van der Waals surface area contributed by atoms with E-state index in [2.05, 4.69) is 32.9 Å². The van der Waals surface area contributed by atoms with Crippen molar-refractivity contribution in [3.05, 3.63) is 35.4 Å². The summed E-state index contributed by atoms with van der Waals surface area (Å²) in [5, 5.41) is 0. The number of fused-ring (bicyclic) bond motifs is 1. The molecule has 0 aromatic heterocycles. The summed E-state index contributed by atoms with van der Waals surface area (Å²) in [6, 6.07) is 8.30. The van der Waals surface area contributed by atoms with Crippen molar-refractivity contribution in [2.75, 3.05) is 6.61 Å². The minimum absolute atomic E-state index is 0.0556.